The quantitative estimate of drug-likeness (QED) is 0.694. The van der Waals surface area contributed by atoms with Gasteiger partial charge < -0.3 is 9.84 Å². The zero-order valence-corrected chi connectivity index (χ0v) is 15.5. The number of hydrogen-bond donors (Lipinski definition) is 1. The van der Waals surface area contributed by atoms with Crippen LogP contribution < -0.4 is 5.32 Å². The molecule has 0 unspecified atom stereocenters. The molecular weight excluding hydrogens is 350 g/mol. The van der Waals surface area contributed by atoms with Crippen LogP contribution in [0.3, 0.4) is 0 Å². The Balaban J connectivity index is 1.55. The largest absolute Gasteiger partial charge is 0.350 e. The highest BCUT2D eigenvalue weighted by atomic mass is 35.5. The molecule has 0 fully saturated rings. The van der Waals surface area contributed by atoms with E-state index in [1.807, 2.05) is 62.4 Å². The third-order valence-corrected chi connectivity index (χ3v) is 4.42. The second-order valence-corrected chi connectivity index (χ2v) is 6.60. The lowest BCUT2D eigenvalue weighted by Gasteiger charge is -2.14. The van der Waals surface area contributed by atoms with Gasteiger partial charge in [0.1, 0.15) is 0 Å². The van der Waals surface area contributed by atoms with Crippen molar-refractivity contribution in [1.29, 1.82) is 0 Å². The molecule has 3 rings (SSSR count). The Morgan fingerprint density at radius 2 is 1.92 bits per heavy atom. The van der Waals surface area contributed by atoms with E-state index in [0.29, 0.717) is 23.2 Å². The highest BCUT2D eigenvalue weighted by molar-refractivity contribution is 6.30. The molecule has 1 N–H and O–H groups in total. The lowest BCUT2D eigenvalue weighted by atomic mass is 10.1. The van der Waals surface area contributed by atoms with Crippen molar-refractivity contribution in [3.63, 3.8) is 0 Å². The van der Waals surface area contributed by atoms with E-state index in [1.165, 1.54) is 0 Å². The number of amides is 1. The van der Waals surface area contributed by atoms with Gasteiger partial charge in [-0.05, 0) is 37.1 Å². The van der Waals surface area contributed by atoms with Crippen LogP contribution >= 0.6 is 11.6 Å². The Bertz CT molecular complexity index is 890. The molecule has 0 saturated heterocycles. The molecule has 5 nitrogen and oxygen atoms in total. The number of aromatic nitrogens is 2. The maximum Gasteiger partial charge on any atom is 0.227 e. The fraction of sp³-hybridized carbons (Fsp3) is 0.250. The van der Waals surface area contributed by atoms with Gasteiger partial charge in [-0.1, -0.05) is 53.2 Å². The van der Waals surface area contributed by atoms with Crippen molar-refractivity contribution in [3.05, 3.63) is 70.6 Å². The molecule has 0 spiro atoms. The van der Waals surface area contributed by atoms with Crippen molar-refractivity contribution in [2.45, 2.75) is 32.7 Å². The maximum absolute atomic E-state index is 12.2. The normalized spacial score (nSPS) is 12.0. The van der Waals surface area contributed by atoms with E-state index in [2.05, 4.69) is 15.5 Å². The summed E-state index contributed by atoms with van der Waals surface area (Å²) in [6.07, 6.45) is 0.686. The first kappa shape index (κ1) is 18.1. The molecule has 0 aliphatic rings. The predicted octanol–water partition coefficient (Wildman–Crippen LogP) is 4.51. The van der Waals surface area contributed by atoms with E-state index in [4.69, 9.17) is 16.1 Å². The van der Waals surface area contributed by atoms with Crippen molar-refractivity contribution < 1.29 is 9.32 Å². The summed E-state index contributed by atoms with van der Waals surface area (Å²) in [5.41, 5.74) is 3.01. The molecule has 0 bridgehead atoms. The molecule has 0 radical (unpaired) electrons. The summed E-state index contributed by atoms with van der Waals surface area (Å²) < 4.78 is 5.27. The molecule has 0 aliphatic carbocycles. The van der Waals surface area contributed by atoms with Crippen LogP contribution in [0.1, 0.15) is 36.4 Å². The average molecular weight is 370 g/mol. The summed E-state index contributed by atoms with van der Waals surface area (Å²) in [5, 5.41) is 7.65. The van der Waals surface area contributed by atoms with Crippen molar-refractivity contribution in [2.24, 2.45) is 0 Å². The number of hydrogen-bond acceptors (Lipinski definition) is 4. The minimum absolute atomic E-state index is 0.0666. The van der Waals surface area contributed by atoms with Gasteiger partial charge in [-0.3, -0.25) is 4.79 Å². The number of nitrogens with zero attached hydrogens (tertiary/aromatic N) is 2. The van der Waals surface area contributed by atoms with E-state index in [9.17, 15) is 4.79 Å². The number of halogens is 1. The van der Waals surface area contributed by atoms with Gasteiger partial charge >= 0.3 is 0 Å². The number of carbonyl (C=O) groups is 1. The zero-order valence-electron chi connectivity index (χ0n) is 14.7. The van der Waals surface area contributed by atoms with Crippen LogP contribution in [0.2, 0.25) is 5.02 Å². The Hall–Kier alpha value is -2.66. The van der Waals surface area contributed by atoms with E-state index in [1.54, 1.807) is 0 Å². The van der Waals surface area contributed by atoms with Crippen molar-refractivity contribution >= 4 is 17.5 Å². The van der Waals surface area contributed by atoms with Gasteiger partial charge in [-0.25, -0.2) is 0 Å². The first-order valence-corrected chi connectivity index (χ1v) is 8.84. The number of aryl methyl sites for hydroxylation is 2. The number of carbonyl (C=O) groups excluding carboxylic acids is 1. The summed E-state index contributed by atoms with van der Waals surface area (Å²) in [5.74, 6) is 0.939. The fourth-order valence-corrected chi connectivity index (χ4v) is 2.78. The summed E-state index contributed by atoms with van der Waals surface area (Å²) in [4.78, 5) is 16.6. The van der Waals surface area contributed by atoms with Gasteiger partial charge in [0.2, 0.25) is 17.6 Å². The highest BCUT2D eigenvalue weighted by Crippen LogP contribution is 2.20. The Morgan fingerprint density at radius 3 is 2.65 bits per heavy atom. The maximum atomic E-state index is 12.2. The molecule has 1 amide bonds. The molecule has 1 aromatic heterocycles. The lowest BCUT2D eigenvalue weighted by Crippen LogP contribution is -2.26. The smallest absolute Gasteiger partial charge is 0.227 e. The standard InChI is InChI=1S/C20H20ClN3O2/c1-13-5-3-4-6-17(13)20-23-19(26-24-20)12-11-18(25)22-14(2)15-7-9-16(21)10-8-15/h3-10,14H,11-12H2,1-2H3,(H,22,25)/t14-/m1/s1. The first-order chi connectivity index (χ1) is 12.5. The van der Waals surface area contributed by atoms with Crippen molar-refractivity contribution in [1.82, 2.24) is 15.5 Å². The Labute approximate surface area is 157 Å². The monoisotopic (exact) mass is 369 g/mol. The van der Waals surface area contributed by atoms with Gasteiger partial charge in [0.25, 0.3) is 0 Å². The second kappa shape index (κ2) is 8.15. The van der Waals surface area contributed by atoms with Crippen LogP contribution in [0.25, 0.3) is 11.4 Å². The molecule has 6 heteroatoms. The lowest BCUT2D eigenvalue weighted by molar-refractivity contribution is -0.121. The Kier molecular flexibility index (Phi) is 5.68. The van der Waals surface area contributed by atoms with Crippen LogP contribution in [-0.4, -0.2) is 16.0 Å². The number of nitrogens with one attached hydrogen (secondary N) is 1. The van der Waals surface area contributed by atoms with Gasteiger partial charge in [0.15, 0.2) is 0 Å². The summed E-state index contributed by atoms with van der Waals surface area (Å²) in [6, 6.07) is 15.2. The van der Waals surface area contributed by atoms with E-state index >= 15 is 0 Å². The molecule has 0 aliphatic heterocycles. The van der Waals surface area contributed by atoms with Crippen LogP contribution in [0.5, 0.6) is 0 Å². The van der Waals surface area contributed by atoms with Crippen LogP contribution in [0.15, 0.2) is 53.1 Å². The SMILES string of the molecule is Cc1ccccc1-c1noc(CCC(=O)N[C@H](C)c2ccc(Cl)cc2)n1. The van der Waals surface area contributed by atoms with E-state index in [-0.39, 0.29) is 18.4 Å². The molecular formula is C20H20ClN3O2. The highest BCUT2D eigenvalue weighted by Gasteiger charge is 2.14. The topological polar surface area (TPSA) is 68.0 Å². The molecule has 3 aromatic rings. The van der Waals surface area contributed by atoms with Crippen molar-refractivity contribution in [3.8, 4) is 11.4 Å². The molecule has 1 atom stereocenters. The third kappa shape index (κ3) is 4.49. The van der Waals surface area contributed by atoms with Crippen LogP contribution in [0, 0.1) is 6.92 Å². The second-order valence-electron chi connectivity index (χ2n) is 6.17. The van der Waals surface area contributed by atoms with Gasteiger partial charge in [-0.15, -0.1) is 0 Å². The fourth-order valence-electron chi connectivity index (χ4n) is 2.66. The molecule has 1 heterocycles. The van der Waals surface area contributed by atoms with Crippen LogP contribution in [0.4, 0.5) is 0 Å². The third-order valence-electron chi connectivity index (χ3n) is 4.17. The summed E-state index contributed by atoms with van der Waals surface area (Å²) >= 11 is 5.88. The minimum atomic E-state index is -0.0926. The van der Waals surface area contributed by atoms with Gasteiger partial charge in [0, 0.05) is 23.4 Å². The van der Waals surface area contributed by atoms with E-state index < -0.39 is 0 Å². The van der Waals surface area contributed by atoms with Gasteiger partial charge in [-0.2, -0.15) is 4.98 Å². The van der Waals surface area contributed by atoms with Crippen molar-refractivity contribution in [2.75, 3.05) is 0 Å². The zero-order chi connectivity index (χ0) is 18.5. The Morgan fingerprint density at radius 1 is 1.19 bits per heavy atom. The summed E-state index contributed by atoms with van der Waals surface area (Å²) in [7, 11) is 0. The minimum Gasteiger partial charge on any atom is -0.350 e. The molecule has 2 aromatic carbocycles. The first-order valence-electron chi connectivity index (χ1n) is 8.46. The summed E-state index contributed by atoms with van der Waals surface area (Å²) in [6.45, 7) is 3.93. The average Bonchev–Trinajstić information content (AvgIpc) is 3.09. The molecule has 26 heavy (non-hydrogen) atoms. The number of rotatable bonds is 6. The van der Waals surface area contributed by atoms with Gasteiger partial charge in [0.05, 0.1) is 6.04 Å². The van der Waals surface area contributed by atoms with Crippen LogP contribution in [-0.2, 0) is 11.2 Å². The molecule has 134 valence electrons. The van der Waals surface area contributed by atoms with E-state index in [0.717, 1.165) is 16.7 Å². The number of benzene rings is 2. The molecule has 0 saturated carbocycles. The predicted molar refractivity (Wildman–Crippen MR) is 101 cm³/mol.